The Hall–Kier alpha value is -10.6. The minimum atomic E-state index is -4.62. The van der Waals surface area contributed by atoms with Gasteiger partial charge in [0.05, 0.1) is 67.5 Å². The van der Waals surface area contributed by atoms with Gasteiger partial charge in [0.25, 0.3) is 17.7 Å². The van der Waals surface area contributed by atoms with E-state index < -0.39 is 52.9 Å². The van der Waals surface area contributed by atoms with Gasteiger partial charge in [0.1, 0.15) is 34.2 Å². The van der Waals surface area contributed by atoms with Crippen molar-refractivity contribution in [3.8, 4) is 0 Å². The number of para-hydroxylation sites is 3. The summed E-state index contributed by atoms with van der Waals surface area (Å²) in [5, 5.41) is 21.0. The number of carbonyl (C=O) groups excluding carboxylic acids is 3. The van der Waals surface area contributed by atoms with Crippen molar-refractivity contribution in [1.29, 1.82) is 0 Å². The quantitative estimate of drug-likeness (QED) is 0.0385. The number of anilines is 11. The third-order valence-electron chi connectivity index (χ3n) is 11.1. The number of nitrogen functional groups attached to an aromatic ring is 1. The zero-order valence-electron chi connectivity index (χ0n) is 44.6. The first-order valence-corrected chi connectivity index (χ1v) is 25.0. The Kier molecular flexibility index (Phi) is 22.0. The van der Waals surface area contributed by atoms with Gasteiger partial charge in [-0.25, -0.2) is 29.9 Å². The van der Waals surface area contributed by atoms with Crippen LogP contribution < -0.4 is 48.3 Å². The van der Waals surface area contributed by atoms with Gasteiger partial charge in [0.2, 0.25) is 0 Å². The van der Waals surface area contributed by atoms with E-state index in [1.54, 1.807) is 97.5 Å². The molecule has 440 valence electrons. The predicted octanol–water partition coefficient (Wildman–Crippen LogP) is 13.2. The third kappa shape index (κ3) is 18.7. The zero-order chi connectivity index (χ0) is 61.7. The summed E-state index contributed by atoms with van der Waals surface area (Å²) in [7, 11) is 4.33. The molecule has 0 radical (unpaired) electrons. The Bertz CT molecular complexity index is 3520. The molecule has 85 heavy (non-hydrogen) atoms. The second-order valence-corrected chi connectivity index (χ2v) is 17.3. The van der Waals surface area contributed by atoms with Gasteiger partial charge in [-0.2, -0.15) is 39.5 Å². The average Bonchev–Trinajstić information content (AvgIpc) is 2.48. The van der Waals surface area contributed by atoms with E-state index >= 15 is 0 Å². The minimum absolute atomic E-state index is 0.0899. The van der Waals surface area contributed by atoms with E-state index in [1.165, 1.54) is 69.7 Å². The highest BCUT2D eigenvalue weighted by molar-refractivity contribution is 6.29. The molecule has 9 aromatic rings. The summed E-state index contributed by atoms with van der Waals surface area (Å²) < 4.78 is 120. The lowest BCUT2D eigenvalue weighted by Crippen LogP contribution is -2.19. The maximum atomic E-state index is 13.4. The van der Waals surface area contributed by atoms with Crippen LogP contribution in [0.25, 0.3) is 0 Å². The van der Waals surface area contributed by atoms with Gasteiger partial charge >= 0.3 is 18.5 Å². The number of nitrogens with zero attached hydrogens (tertiary/aromatic N) is 6. The topological polar surface area (TPSA) is 251 Å². The third-order valence-corrected chi connectivity index (χ3v) is 11.3. The highest BCUT2D eigenvalue weighted by Crippen LogP contribution is 2.40. The van der Waals surface area contributed by atoms with Crippen LogP contribution in [0.3, 0.4) is 0 Å². The normalized spacial score (nSPS) is 10.8. The van der Waals surface area contributed by atoms with Crippen LogP contribution in [0.1, 0.15) is 47.8 Å². The van der Waals surface area contributed by atoms with Crippen molar-refractivity contribution >= 4 is 92.5 Å². The number of nitrogens with two attached hydrogens (primary N) is 1. The first kappa shape index (κ1) is 63.6. The first-order chi connectivity index (χ1) is 40.5. The summed E-state index contributed by atoms with van der Waals surface area (Å²) in [5.74, 6) is 0.533. The molecule has 0 spiro atoms. The molecule has 9 rings (SSSR count). The van der Waals surface area contributed by atoms with E-state index in [1.807, 2.05) is 12.1 Å². The SMILES string of the molecule is CNC(=O)c1ccccc1Nc1cc(Cl)ncc1C(F)(F)F.CNC(=O)c1ccccc1Nc1cc(Nc2ccccn2)ncc1C(F)(F)F.CNC(=O)c1ccccc1Nc1cc(Nc2ccccn2)ncc1C(F)(F)F.Nc1ccccn1. The number of amides is 3. The van der Waals surface area contributed by atoms with Crippen molar-refractivity contribution in [3.05, 3.63) is 221 Å². The lowest BCUT2D eigenvalue weighted by Gasteiger charge is -2.17. The van der Waals surface area contributed by atoms with Gasteiger partial charge < -0.3 is 48.3 Å². The van der Waals surface area contributed by atoms with Crippen molar-refractivity contribution in [2.75, 3.05) is 53.5 Å². The summed E-state index contributed by atoms with van der Waals surface area (Å²) in [6.07, 6.45) is -6.98. The Morgan fingerprint density at radius 2 is 0.694 bits per heavy atom. The smallest absolute Gasteiger partial charge is 0.384 e. The fourth-order valence-corrected chi connectivity index (χ4v) is 7.34. The molecule has 0 unspecified atom stereocenters. The number of benzene rings is 3. The molecule has 6 heterocycles. The second kappa shape index (κ2) is 29.4. The van der Waals surface area contributed by atoms with Crippen molar-refractivity contribution in [1.82, 2.24) is 45.9 Å². The first-order valence-electron chi connectivity index (χ1n) is 24.6. The number of pyridine rings is 6. The lowest BCUT2D eigenvalue weighted by molar-refractivity contribution is -0.138. The standard InChI is InChI=1S/2C19H16F3N5O.C14H11ClF3N3O.C5H6N2/c2*1-23-18(28)12-6-2-3-7-14(12)26-15-10-17(25-11-13(15)19(20,21)22)27-16-8-4-5-9-24-16;1-19-13(22)8-4-2-3-5-10(8)21-11-6-12(15)20-7-9(11)14(16,17)18;6-5-3-1-2-4-7-5/h2*2-11H,1H3,(H,23,28)(H2,24,25,26,27);2-7H,1H3,(H,19,22)(H,20,21);1-4H,(H2,6,7). The van der Waals surface area contributed by atoms with Crippen LogP contribution in [0.2, 0.25) is 5.15 Å². The van der Waals surface area contributed by atoms with Crippen molar-refractivity contribution in [2.45, 2.75) is 18.5 Å². The molecule has 0 bridgehead atoms. The maximum Gasteiger partial charge on any atom is 0.419 e. The van der Waals surface area contributed by atoms with Crippen LogP contribution in [-0.4, -0.2) is 68.8 Å². The monoisotopic (exact) mass is 1200 g/mol. The van der Waals surface area contributed by atoms with Gasteiger partial charge in [-0.3, -0.25) is 14.4 Å². The van der Waals surface area contributed by atoms with Crippen molar-refractivity contribution in [2.24, 2.45) is 0 Å². The fraction of sp³-hybridized carbons (Fsp3) is 0.105. The average molecular weight is 1200 g/mol. The van der Waals surface area contributed by atoms with Crippen molar-refractivity contribution < 1.29 is 53.9 Å². The molecule has 0 aliphatic rings. The number of rotatable bonds is 13. The molecular weight excluding hydrogens is 1150 g/mol. The molecule has 10 N–H and O–H groups in total. The molecule has 28 heteroatoms. The molecule has 0 saturated carbocycles. The summed E-state index contributed by atoms with van der Waals surface area (Å²) in [6.45, 7) is 0. The highest BCUT2D eigenvalue weighted by Gasteiger charge is 2.37. The molecule has 3 aromatic carbocycles. The summed E-state index contributed by atoms with van der Waals surface area (Å²) >= 11 is 5.67. The van der Waals surface area contributed by atoms with Crippen LogP contribution >= 0.6 is 11.6 Å². The number of hydrogen-bond donors (Lipinski definition) is 9. The molecule has 0 aliphatic carbocycles. The Labute approximate surface area is 484 Å². The largest absolute Gasteiger partial charge is 0.419 e. The number of halogens is 10. The van der Waals surface area contributed by atoms with Gasteiger partial charge in [0.15, 0.2) is 0 Å². The maximum absolute atomic E-state index is 13.4. The number of carbonyl (C=O) groups is 3. The second-order valence-electron chi connectivity index (χ2n) is 17.0. The molecular formula is C57H49ClF9N15O3. The molecule has 0 atom stereocenters. The Balaban J connectivity index is 0.000000194. The minimum Gasteiger partial charge on any atom is -0.384 e. The summed E-state index contributed by atoms with van der Waals surface area (Å²) in [6, 6.07) is 37.9. The van der Waals surface area contributed by atoms with Crippen LogP contribution in [0.4, 0.5) is 103 Å². The van der Waals surface area contributed by atoms with Gasteiger partial charge in [-0.15, -0.1) is 0 Å². The zero-order valence-corrected chi connectivity index (χ0v) is 45.3. The van der Waals surface area contributed by atoms with Gasteiger partial charge in [-0.1, -0.05) is 66.2 Å². The number of hydrogen-bond acceptors (Lipinski definition) is 15. The fourth-order valence-electron chi connectivity index (χ4n) is 7.19. The molecule has 6 aromatic heterocycles. The summed E-state index contributed by atoms with van der Waals surface area (Å²) in [4.78, 5) is 58.8. The Morgan fingerprint density at radius 3 is 0.988 bits per heavy atom. The van der Waals surface area contributed by atoms with E-state index in [0.29, 0.717) is 23.7 Å². The van der Waals surface area contributed by atoms with Crippen LogP contribution in [0, 0.1) is 0 Å². The number of nitrogens with one attached hydrogen (secondary N) is 8. The van der Waals surface area contributed by atoms with Gasteiger partial charge in [0, 0.05) is 70.5 Å². The molecule has 0 fully saturated rings. The number of alkyl halides is 9. The van der Waals surface area contributed by atoms with E-state index in [0.717, 1.165) is 18.5 Å². The van der Waals surface area contributed by atoms with E-state index in [4.69, 9.17) is 17.3 Å². The summed E-state index contributed by atoms with van der Waals surface area (Å²) in [5.41, 5.74) is 2.98. The molecule has 3 amide bonds. The van der Waals surface area contributed by atoms with Crippen LogP contribution in [-0.2, 0) is 18.5 Å². The van der Waals surface area contributed by atoms with Crippen LogP contribution in [0.15, 0.2) is 183 Å². The van der Waals surface area contributed by atoms with E-state index in [9.17, 15) is 53.9 Å². The lowest BCUT2D eigenvalue weighted by atomic mass is 10.1. The van der Waals surface area contributed by atoms with E-state index in [2.05, 4.69) is 72.4 Å². The predicted molar refractivity (Wildman–Crippen MR) is 306 cm³/mol. The van der Waals surface area contributed by atoms with Crippen molar-refractivity contribution in [3.63, 3.8) is 0 Å². The Morgan fingerprint density at radius 1 is 0.376 bits per heavy atom. The molecule has 18 nitrogen and oxygen atoms in total. The highest BCUT2D eigenvalue weighted by atomic mass is 35.5. The van der Waals surface area contributed by atoms with E-state index in [-0.39, 0.29) is 67.6 Å². The van der Waals surface area contributed by atoms with Crippen LogP contribution in [0.5, 0.6) is 0 Å². The molecule has 0 aliphatic heterocycles. The van der Waals surface area contributed by atoms with Gasteiger partial charge in [-0.05, 0) is 78.9 Å². The molecule has 0 saturated heterocycles. The number of aromatic nitrogens is 6.